The van der Waals surface area contributed by atoms with E-state index in [-0.39, 0.29) is 59.4 Å². The highest BCUT2D eigenvalue weighted by atomic mass is 15.2. The standard InChI is InChI=1S/4C21H27N.8C2H6.8CH4/c1-6-22-15(5)14(4)20-18-11-12(2)13(3)19(18)16-9-7-8-10-17(16)21(20)22;1-6-22-15(5)14(4)20-17-10-8-7-9-16(17)19-13(3)12(2)11-18(19)21(20)22;1-6-22-15(5)14(4)20-19-13(3)12(2)11-18(19)16-9-7-8-10-17(16)21(20)22;1-6-22-15(5)14(4)20-17-10-8-7-9-16(17)18-11-12(2)13(3)19(18)21(20)22;8*1-2;;;;;;;;/h4*7-10,12-15H,6,11H2,1-5H3;8*1-2H3;8*1H4/t12-,13-,14-,15+;2*12-,13-,14+,15-;12-,13-,14-,15+;;;;;;;;;;;;;;;;/m1001................/s1. The van der Waals surface area contributed by atoms with Crippen LogP contribution in [0.2, 0.25) is 0 Å². The van der Waals surface area contributed by atoms with Gasteiger partial charge in [0.25, 0.3) is 0 Å². The van der Waals surface area contributed by atoms with Gasteiger partial charge >= 0.3 is 0 Å². The molecule has 8 aromatic rings. The van der Waals surface area contributed by atoms with Crippen LogP contribution in [-0.4, -0.2) is 50.3 Å². The van der Waals surface area contributed by atoms with Crippen molar-refractivity contribution in [1.82, 2.24) is 0 Å². The van der Waals surface area contributed by atoms with E-state index in [1.54, 1.807) is 78.1 Å². The lowest BCUT2D eigenvalue weighted by Crippen LogP contribution is -2.31. The topological polar surface area (TPSA) is 13.0 Å². The van der Waals surface area contributed by atoms with E-state index in [0.717, 1.165) is 49.9 Å². The third-order valence-corrected chi connectivity index (χ3v) is 26.0. The summed E-state index contributed by atoms with van der Waals surface area (Å²) in [6.07, 6.45) is 5.00. The molecule has 0 bridgehead atoms. The quantitative estimate of drug-likeness (QED) is 0.174. The van der Waals surface area contributed by atoms with Crippen LogP contribution in [0.1, 0.15) is 423 Å². The first-order valence-electron chi connectivity index (χ1n) is 43.6. The monoisotopic (exact) mass is 1540 g/mol. The Bertz CT molecular complexity index is 4010. The Kier molecular flexibility index (Phi) is 50.6. The maximum Gasteiger partial charge on any atom is 0.0487 e. The number of hydrogen-bond acceptors (Lipinski definition) is 4. The molecular formula is C108H188N4. The average Bonchev–Trinajstić information content (AvgIpc) is 1.58. The molecule has 0 saturated heterocycles. The predicted molar refractivity (Wildman–Crippen MR) is 529 cm³/mol. The van der Waals surface area contributed by atoms with Gasteiger partial charge in [0.2, 0.25) is 0 Å². The fourth-order valence-corrected chi connectivity index (χ4v) is 20.0. The molecule has 0 aromatic heterocycles. The molecule has 0 spiro atoms. The van der Waals surface area contributed by atoms with Crippen molar-refractivity contribution in [3.8, 4) is 0 Å². The second kappa shape index (κ2) is 50.5. The second-order valence-electron chi connectivity index (χ2n) is 29.9. The number of fused-ring (bicyclic) bond motifs is 24. The first-order chi connectivity index (χ1) is 50.2. The predicted octanol–water partition coefficient (Wildman–Crippen LogP) is 35.2. The number of nitrogens with zero attached hydrogens (tertiary/aromatic N) is 4. The van der Waals surface area contributed by atoms with Crippen LogP contribution in [0.4, 0.5) is 22.7 Å². The minimum atomic E-state index is 0. The van der Waals surface area contributed by atoms with Crippen molar-refractivity contribution in [3.05, 3.63) is 164 Å². The summed E-state index contributed by atoms with van der Waals surface area (Å²) in [6, 6.07) is 38.9. The molecule has 0 unspecified atom stereocenters. The molecule has 0 N–H and O–H groups in total. The average molecular weight is 1540 g/mol. The molecule has 4 heterocycles. The molecule has 16 atom stereocenters. The van der Waals surface area contributed by atoms with Crippen LogP contribution in [0, 0.1) is 23.7 Å². The smallest absolute Gasteiger partial charge is 0.0487 e. The number of hydrogen-bond donors (Lipinski definition) is 0. The minimum absolute atomic E-state index is 0. The Morgan fingerprint density at radius 2 is 0.411 bits per heavy atom. The minimum Gasteiger partial charge on any atom is -0.368 e. The van der Waals surface area contributed by atoms with Gasteiger partial charge in [0.15, 0.2) is 0 Å². The van der Waals surface area contributed by atoms with E-state index < -0.39 is 0 Å². The van der Waals surface area contributed by atoms with Crippen molar-refractivity contribution in [2.24, 2.45) is 23.7 Å². The number of rotatable bonds is 4. The van der Waals surface area contributed by atoms with E-state index in [1.807, 2.05) is 111 Å². The van der Waals surface area contributed by atoms with E-state index in [9.17, 15) is 0 Å². The zero-order valence-electron chi connectivity index (χ0n) is 73.9. The fourth-order valence-electron chi connectivity index (χ4n) is 20.0. The summed E-state index contributed by atoms with van der Waals surface area (Å²) in [5.41, 5.74) is 26.1. The van der Waals surface area contributed by atoms with Crippen LogP contribution >= 0.6 is 0 Å². The van der Waals surface area contributed by atoms with Crippen LogP contribution < -0.4 is 19.6 Å². The Hall–Kier alpha value is -6.00. The molecule has 4 nitrogen and oxygen atoms in total. The van der Waals surface area contributed by atoms with Crippen molar-refractivity contribution >= 4 is 65.8 Å². The number of benzene rings is 8. The van der Waals surface area contributed by atoms with Gasteiger partial charge in [-0.25, -0.2) is 0 Å². The van der Waals surface area contributed by atoms with Crippen molar-refractivity contribution in [1.29, 1.82) is 0 Å². The lowest BCUT2D eigenvalue weighted by molar-refractivity contribution is 0.526. The molecule has 8 aliphatic rings. The molecule has 640 valence electrons. The molecule has 4 aliphatic carbocycles. The van der Waals surface area contributed by atoms with Crippen molar-refractivity contribution in [2.75, 3.05) is 45.8 Å². The Labute approximate surface area is 700 Å². The molecule has 0 fully saturated rings. The first kappa shape index (κ1) is 112. The first-order valence-corrected chi connectivity index (χ1v) is 43.6. The fraction of sp³-hybridized carbons (Fsp3) is 0.630. The number of likely N-dealkylation sites (N-methyl/N-ethyl adjacent to an activating group) is 4. The van der Waals surface area contributed by atoms with Crippen molar-refractivity contribution < 1.29 is 0 Å². The summed E-state index contributed by atoms with van der Waals surface area (Å²) >= 11 is 0. The molecule has 0 saturated carbocycles. The third-order valence-electron chi connectivity index (χ3n) is 26.0. The molecule has 16 rings (SSSR count). The second-order valence-corrected chi connectivity index (χ2v) is 29.9. The van der Waals surface area contributed by atoms with E-state index in [1.165, 1.54) is 80.1 Å². The zero-order chi connectivity index (χ0) is 78.4. The van der Waals surface area contributed by atoms with Crippen molar-refractivity contribution in [2.45, 2.75) is 406 Å². The largest absolute Gasteiger partial charge is 0.368 e. The molecule has 0 amide bonds. The van der Waals surface area contributed by atoms with Crippen LogP contribution in [0.3, 0.4) is 0 Å². The molecule has 112 heavy (non-hydrogen) atoms. The van der Waals surface area contributed by atoms with Gasteiger partial charge in [-0.1, -0.05) is 350 Å². The maximum absolute atomic E-state index is 2.67. The molecule has 8 aromatic carbocycles. The van der Waals surface area contributed by atoms with Gasteiger partial charge in [0.1, 0.15) is 0 Å². The lowest BCUT2D eigenvalue weighted by atomic mass is 9.85. The summed E-state index contributed by atoms with van der Waals surface area (Å²) in [5, 5.41) is 12.0. The van der Waals surface area contributed by atoms with Gasteiger partial charge in [0.05, 0.1) is 0 Å². The Morgan fingerprint density at radius 3 is 0.786 bits per heavy atom. The summed E-state index contributed by atoms with van der Waals surface area (Å²) in [7, 11) is 0. The van der Waals surface area contributed by atoms with E-state index >= 15 is 0 Å². The zero-order valence-corrected chi connectivity index (χ0v) is 73.9. The van der Waals surface area contributed by atoms with Gasteiger partial charge in [-0.3, -0.25) is 0 Å². The Morgan fingerprint density at radius 1 is 0.205 bits per heavy atom. The van der Waals surface area contributed by atoms with E-state index in [4.69, 9.17) is 0 Å². The summed E-state index contributed by atoms with van der Waals surface area (Å²) in [4.78, 5) is 10.6. The maximum atomic E-state index is 2.67. The van der Waals surface area contributed by atoms with Crippen molar-refractivity contribution in [3.63, 3.8) is 0 Å². The highest BCUT2D eigenvalue weighted by molar-refractivity contribution is 6.04. The normalized spacial score (nSPS) is 24.0. The van der Waals surface area contributed by atoms with Gasteiger partial charge < -0.3 is 19.6 Å². The lowest BCUT2D eigenvalue weighted by Gasteiger charge is -2.27. The summed E-state index contributed by atoms with van der Waals surface area (Å²) in [6.45, 7) is 84.4. The molecule has 0 radical (unpaired) electrons. The van der Waals surface area contributed by atoms with Gasteiger partial charge in [0, 0.05) is 108 Å². The highest BCUT2D eigenvalue weighted by Gasteiger charge is 2.45. The van der Waals surface area contributed by atoms with E-state index in [2.05, 4.69) is 255 Å². The Balaban J connectivity index is -0.000000639. The van der Waals surface area contributed by atoms with E-state index in [0.29, 0.717) is 71.5 Å². The highest BCUT2D eigenvalue weighted by Crippen LogP contribution is 2.59. The number of anilines is 4. The SMILES string of the molecule is C.C.C.C.C.C.C.C.CC.CC.CC.CC.CC.CC.CC.CC.CCN1c2c(c3c(c4ccccc24)C[C@H](C)[C@@H]3C)[C@H](C)[C@@H]1C.CCN1c2c(c3c(c4ccccc24)[C@H](C)[C@H](C)C3)[C@H](C)[C@@H]1C.CCN1c2c3c(c4ccccc4c2[C@H](C)[C@@H]1C)C[C@@H](C)[C@H]3C.CCN1c2c3c(c4ccccc4c2[C@H](C)[C@@H]1C)[C@@H](C)[C@@H](C)C3. The molecular weight excluding hydrogens is 1350 g/mol. The van der Waals surface area contributed by atoms with Gasteiger partial charge in [-0.15, -0.1) is 0 Å². The third kappa shape index (κ3) is 19.5. The van der Waals surface area contributed by atoms with Crippen LogP contribution in [0.25, 0.3) is 43.1 Å². The molecule has 4 heteroatoms. The summed E-state index contributed by atoms with van der Waals surface area (Å²) < 4.78 is 0. The summed E-state index contributed by atoms with van der Waals surface area (Å²) in [5.74, 6) is 8.31. The molecule has 4 aliphatic heterocycles. The van der Waals surface area contributed by atoms with Crippen LogP contribution in [0.15, 0.2) is 97.1 Å². The van der Waals surface area contributed by atoms with Gasteiger partial charge in [-0.2, -0.15) is 0 Å². The van der Waals surface area contributed by atoms with Crippen LogP contribution in [-0.2, 0) is 25.7 Å². The van der Waals surface area contributed by atoms with Gasteiger partial charge in [-0.05, 0) is 227 Å². The van der Waals surface area contributed by atoms with Crippen LogP contribution in [0.5, 0.6) is 0 Å².